The summed E-state index contributed by atoms with van der Waals surface area (Å²) in [6.07, 6.45) is 0. The van der Waals surface area contributed by atoms with Crippen molar-refractivity contribution in [2.24, 2.45) is 11.8 Å². The van der Waals surface area contributed by atoms with Gasteiger partial charge in [-0.25, -0.2) is 0 Å². The molecular weight excluding hydrogens is 390 g/mol. The number of nitrogens with zero attached hydrogens (tertiary/aromatic N) is 1. The molecule has 1 unspecified atom stereocenters. The van der Waals surface area contributed by atoms with Crippen LogP contribution in [0.4, 0.5) is 0 Å². The Bertz CT molecular complexity index is 989. The van der Waals surface area contributed by atoms with E-state index in [0.29, 0.717) is 12.5 Å². The second-order valence-electron chi connectivity index (χ2n) is 8.88. The molecule has 5 nitrogen and oxygen atoms in total. The summed E-state index contributed by atoms with van der Waals surface area (Å²) < 4.78 is 5.74. The van der Waals surface area contributed by atoms with Crippen molar-refractivity contribution in [3.05, 3.63) is 76.6 Å². The van der Waals surface area contributed by atoms with Crippen LogP contribution in [0.15, 0.2) is 59.9 Å². The molecule has 5 heteroatoms. The molecule has 3 rings (SSSR count). The maximum absolute atomic E-state index is 13.0. The molecule has 1 aliphatic rings. The van der Waals surface area contributed by atoms with Crippen LogP contribution in [-0.2, 0) is 16.1 Å². The molecule has 1 atom stereocenters. The summed E-state index contributed by atoms with van der Waals surface area (Å²) in [5.74, 6) is -0.287. The Labute approximate surface area is 184 Å². The zero-order valence-corrected chi connectivity index (χ0v) is 18.9. The van der Waals surface area contributed by atoms with Crippen molar-refractivity contribution in [3.63, 3.8) is 0 Å². The molecule has 31 heavy (non-hydrogen) atoms. The number of amides is 1. The van der Waals surface area contributed by atoms with Crippen LogP contribution in [0.25, 0.3) is 0 Å². The Hall–Kier alpha value is -3.08. The highest BCUT2D eigenvalue weighted by Gasteiger charge is 2.43. The van der Waals surface area contributed by atoms with Gasteiger partial charge in [-0.05, 0) is 36.1 Å². The molecule has 1 N–H and O–H groups in total. The zero-order valence-electron chi connectivity index (χ0n) is 18.9. The van der Waals surface area contributed by atoms with Gasteiger partial charge in [-0.1, -0.05) is 69.7 Å². The van der Waals surface area contributed by atoms with Crippen molar-refractivity contribution < 1.29 is 19.4 Å². The minimum Gasteiger partial charge on any atom is -0.503 e. The van der Waals surface area contributed by atoms with Crippen LogP contribution in [0.3, 0.4) is 0 Å². The number of Topliss-reactive ketones (excluding diaryl/α,β-unsaturated/α-hetero) is 1. The molecule has 1 aliphatic heterocycles. The third kappa shape index (κ3) is 4.98. The minimum absolute atomic E-state index is 0.183. The topological polar surface area (TPSA) is 66.8 Å². The lowest BCUT2D eigenvalue weighted by Gasteiger charge is -2.27. The van der Waals surface area contributed by atoms with Crippen LogP contribution in [0.5, 0.6) is 5.75 Å². The highest BCUT2D eigenvalue weighted by molar-refractivity contribution is 6.09. The third-order valence-corrected chi connectivity index (χ3v) is 5.31. The zero-order chi connectivity index (χ0) is 22.7. The van der Waals surface area contributed by atoms with E-state index in [0.717, 1.165) is 22.4 Å². The Morgan fingerprint density at radius 2 is 1.77 bits per heavy atom. The first-order valence-corrected chi connectivity index (χ1v) is 10.8. The lowest BCUT2D eigenvalue weighted by molar-refractivity contribution is -0.130. The Morgan fingerprint density at radius 3 is 2.35 bits per heavy atom. The van der Waals surface area contributed by atoms with E-state index in [9.17, 15) is 14.7 Å². The number of hydrogen-bond donors (Lipinski definition) is 1. The number of carbonyl (C=O) groups excluding carboxylic acids is 2. The molecule has 0 saturated carbocycles. The molecule has 0 radical (unpaired) electrons. The first-order valence-electron chi connectivity index (χ1n) is 10.8. The summed E-state index contributed by atoms with van der Waals surface area (Å²) in [4.78, 5) is 27.5. The standard InChI is InChI=1S/C26H31NO4/c1-16(2)15-31-21-11-9-19(10-12-21)14-27-23(20-8-6-7-18(5)13-20)22(24(28)17(3)4)25(29)26(27)30/h6-13,16-17,23,29H,14-15H2,1-5H3. The van der Waals surface area contributed by atoms with Crippen LogP contribution in [0, 0.1) is 18.8 Å². The van der Waals surface area contributed by atoms with E-state index in [1.807, 2.05) is 55.5 Å². The Kier molecular flexibility index (Phi) is 6.84. The molecule has 0 spiro atoms. The predicted molar refractivity (Wildman–Crippen MR) is 121 cm³/mol. The molecule has 0 aliphatic carbocycles. The maximum atomic E-state index is 13.0. The SMILES string of the molecule is Cc1cccc(C2C(C(=O)C(C)C)=C(O)C(=O)N2Cc2ccc(OCC(C)C)cc2)c1. The normalized spacial score (nSPS) is 16.5. The van der Waals surface area contributed by atoms with Crippen LogP contribution in [0.1, 0.15) is 50.4 Å². The van der Waals surface area contributed by atoms with E-state index >= 15 is 0 Å². The van der Waals surface area contributed by atoms with Gasteiger partial charge in [-0.15, -0.1) is 0 Å². The fourth-order valence-electron chi connectivity index (χ4n) is 3.72. The van der Waals surface area contributed by atoms with E-state index in [2.05, 4.69) is 13.8 Å². The van der Waals surface area contributed by atoms with Crippen molar-refractivity contribution in [1.82, 2.24) is 4.90 Å². The largest absolute Gasteiger partial charge is 0.503 e. The minimum atomic E-state index is -0.612. The van der Waals surface area contributed by atoms with Gasteiger partial charge in [0.2, 0.25) is 0 Å². The van der Waals surface area contributed by atoms with E-state index in [-0.39, 0.29) is 23.8 Å². The van der Waals surface area contributed by atoms with Crippen LogP contribution >= 0.6 is 0 Å². The van der Waals surface area contributed by atoms with Gasteiger partial charge in [0.1, 0.15) is 5.75 Å². The van der Waals surface area contributed by atoms with Gasteiger partial charge in [-0.3, -0.25) is 9.59 Å². The van der Waals surface area contributed by atoms with Crippen molar-refractivity contribution >= 4 is 11.7 Å². The molecule has 0 fully saturated rings. The molecule has 1 amide bonds. The molecule has 0 bridgehead atoms. The number of ether oxygens (including phenoxy) is 1. The van der Waals surface area contributed by atoms with Crippen molar-refractivity contribution in [2.45, 2.75) is 47.2 Å². The highest BCUT2D eigenvalue weighted by Crippen LogP contribution is 2.40. The maximum Gasteiger partial charge on any atom is 0.290 e. The second kappa shape index (κ2) is 9.38. The Balaban J connectivity index is 1.93. The van der Waals surface area contributed by atoms with Crippen molar-refractivity contribution in [3.8, 4) is 5.75 Å². The van der Waals surface area contributed by atoms with Crippen LogP contribution in [-0.4, -0.2) is 28.3 Å². The summed E-state index contributed by atoms with van der Waals surface area (Å²) in [5.41, 5.74) is 2.93. The molecule has 0 aromatic heterocycles. The van der Waals surface area contributed by atoms with Crippen LogP contribution < -0.4 is 4.74 Å². The number of aryl methyl sites for hydroxylation is 1. The lowest BCUT2D eigenvalue weighted by Crippen LogP contribution is -2.31. The smallest absolute Gasteiger partial charge is 0.290 e. The molecule has 2 aromatic rings. The lowest BCUT2D eigenvalue weighted by atomic mass is 9.90. The van der Waals surface area contributed by atoms with Gasteiger partial charge in [0.05, 0.1) is 18.2 Å². The molecule has 0 saturated heterocycles. The van der Waals surface area contributed by atoms with Crippen LogP contribution in [0.2, 0.25) is 0 Å². The fourth-order valence-corrected chi connectivity index (χ4v) is 3.72. The summed E-state index contributed by atoms with van der Waals surface area (Å²) in [7, 11) is 0. The first kappa shape index (κ1) is 22.6. The van der Waals surface area contributed by atoms with E-state index in [1.54, 1.807) is 18.7 Å². The molecule has 2 aromatic carbocycles. The van der Waals surface area contributed by atoms with Gasteiger partial charge < -0.3 is 14.7 Å². The summed E-state index contributed by atoms with van der Waals surface area (Å²) >= 11 is 0. The number of hydrogen-bond acceptors (Lipinski definition) is 4. The van der Waals surface area contributed by atoms with Gasteiger partial charge in [0, 0.05) is 12.5 Å². The first-order chi connectivity index (χ1) is 14.7. The summed E-state index contributed by atoms with van der Waals surface area (Å²) in [6.45, 7) is 10.6. The quantitative estimate of drug-likeness (QED) is 0.640. The van der Waals surface area contributed by atoms with E-state index in [1.165, 1.54) is 0 Å². The number of ketones is 1. The average molecular weight is 422 g/mol. The fraction of sp³-hybridized carbons (Fsp3) is 0.385. The molecule has 1 heterocycles. The van der Waals surface area contributed by atoms with Crippen molar-refractivity contribution in [1.29, 1.82) is 0 Å². The molecule has 164 valence electrons. The monoisotopic (exact) mass is 421 g/mol. The third-order valence-electron chi connectivity index (χ3n) is 5.31. The average Bonchev–Trinajstić information content (AvgIpc) is 2.97. The highest BCUT2D eigenvalue weighted by atomic mass is 16.5. The van der Waals surface area contributed by atoms with Gasteiger partial charge in [0.25, 0.3) is 5.91 Å². The second-order valence-corrected chi connectivity index (χ2v) is 8.88. The Morgan fingerprint density at radius 1 is 1.10 bits per heavy atom. The number of aliphatic hydroxyl groups is 1. The van der Waals surface area contributed by atoms with Gasteiger partial charge >= 0.3 is 0 Å². The summed E-state index contributed by atoms with van der Waals surface area (Å²) in [6, 6.07) is 14.7. The molecular formula is C26H31NO4. The number of aliphatic hydroxyl groups excluding tert-OH is 1. The van der Waals surface area contributed by atoms with Crippen molar-refractivity contribution in [2.75, 3.05) is 6.61 Å². The van der Waals surface area contributed by atoms with E-state index < -0.39 is 17.7 Å². The number of carbonyl (C=O) groups is 2. The van der Waals surface area contributed by atoms with Gasteiger partial charge in [-0.2, -0.15) is 0 Å². The van der Waals surface area contributed by atoms with E-state index in [4.69, 9.17) is 4.74 Å². The number of rotatable bonds is 8. The van der Waals surface area contributed by atoms with Gasteiger partial charge in [0.15, 0.2) is 11.5 Å². The number of benzene rings is 2. The summed E-state index contributed by atoms with van der Waals surface area (Å²) in [5, 5.41) is 10.6. The predicted octanol–water partition coefficient (Wildman–Crippen LogP) is 5.15.